The van der Waals surface area contributed by atoms with Crippen LogP contribution in [0.2, 0.25) is 0 Å². The van der Waals surface area contributed by atoms with Crippen LogP contribution in [-0.2, 0) is 75.1 Å². The molecular formula is C24H61Cl7N12Pt4-6. The van der Waals surface area contributed by atoms with Crippen LogP contribution in [0.4, 0.5) is 0 Å². The molecule has 0 saturated carbocycles. The van der Waals surface area contributed by atoms with Crippen LogP contribution in [0.5, 0.6) is 0 Å². The van der Waals surface area contributed by atoms with Crippen LogP contribution in [0, 0.1) is 45.3 Å². The van der Waals surface area contributed by atoms with E-state index in [4.69, 9.17) is 44.0 Å². The number of nitrogens with one attached hydrogen (secondary N) is 4. The Bertz CT molecular complexity index is 410. The van der Waals surface area contributed by atoms with Gasteiger partial charge >= 0.3 is 113 Å². The zero-order chi connectivity index (χ0) is 35.8. The molecule has 0 spiro atoms. The van der Waals surface area contributed by atoms with Gasteiger partial charge in [0.15, 0.2) is 0 Å². The molecule has 0 fully saturated rings. The minimum atomic E-state index is 0. The number of nitrogens with zero attached hydrogens (tertiary/aromatic N) is 6. The molecule has 47 heavy (non-hydrogen) atoms. The Hall–Kier alpha value is 2.42. The monoisotopic (exact) mass is 1540 g/mol. The van der Waals surface area contributed by atoms with Gasteiger partial charge in [-0.3, -0.25) is 0 Å². The zero-order valence-electron chi connectivity index (χ0n) is 27.6. The number of hydrogen-bond donors (Lipinski definition) is 0. The summed E-state index contributed by atoms with van der Waals surface area (Å²) in [6.07, 6.45) is 3.22. The second-order valence-electron chi connectivity index (χ2n) is 6.01. The number of hydrogen-bond acceptors (Lipinski definition) is 6. The van der Waals surface area contributed by atoms with Crippen LogP contribution >= 0.6 is 74.9 Å². The van der Waals surface area contributed by atoms with Crippen LogP contribution in [0.25, 0.3) is 35.2 Å². The third kappa shape index (κ3) is 502. The summed E-state index contributed by atoms with van der Waals surface area (Å²) in [5, 5.41) is 30.5. The quantitative estimate of drug-likeness (QED) is 0.249. The molecule has 0 aromatic carbocycles. The van der Waals surface area contributed by atoms with Crippen molar-refractivity contribution >= 4 is 74.9 Å². The molecule has 0 aromatic heterocycles. The molecule has 23 heteroatoms. The third-order valence-electron chi connectivity index (χ3n) is 2.11. The van der Waals surface area contributed by atoms with Gasteiger partial charge in [-0.2, -0.15) is 47.2 Å². The van der Waals surface area contributed by atoms with Gasteiger partial charge in [-0.15, -0.1) is 37.2 Å². The molecule has 0 rings (SSSR count). The van der Waals surface area contributed by atoms with Crippen LogP contribution in [0.1, 0.15) is 67.2 Å². The first-order valence-electron chi connectivity index (χ1n) is 11.5. The minimum absolute atomic E-state index is 0. The Morgan fingerprint density at radius 3 is 0.617 bits per heavy atom. The molecule has 0 atom stereocenters. The first-order valence-corrected chi connectivity index (χ1v) is 22.7. The fourth-order valence-corrected chi connectivity index (χ4v) is 0.488. The zero-order valence-corrected chi connectivity index (χ0v) is 42.2. The van der Waals surface area contributed by atoms with Gasteiger partial charge in [0.1, 0.15) is 0 Å². The molecule has 0 aliphatic heterocycles. The van der Waals surface area contributed by atoms with E-state index in [9.17, 15) is 0 Å². The summed E-state index contributed by atoms with van der Waals surface area (Å²) in [5.74, 6) is 0. The predicted octanol–water partition coefficient (Wildman–Crippen LogP) is 12.4. The second kappa shape index (κ2) is 198. The molecule has 12 nitrogen and oxygen atoms in total. The first kappa shape index (κ1) is 110. The van der Waals surface area contributed by atoms with Gasteiger partial charge in [0.05, 0.1) is 24.3 Å². The fourth-order valence-electron chi connectivity index (χ4n) is 0.488. The van der Waals surface area contributed by atoms with Crippen molar-refractivity contribution in [2.24, 2.45) is 0 Å². The molecule has 0 aliphatic carbocycles. The van der Waals surface area contributed by atoms with Crippen molar-refractivity contribution in [2.45, 2.75) is 67.2 Å². The summed E-state index contributed by atoms with van der Waals surface area (Å²) in [6.45, 7) is 10.9. The average molecular weight is 1550 g/mol. The Labute approximate surface area is 370 Å². The maximum absolute atomic E-state index is 7.62. The van der Waals surface area contributed by atoms with Crippen molar-refractivity contribution in [3.63, 3.8) is 0 Å². The van der Waals surface area contributed by atoms with Gasteiger partial charge < -0.3 is 45.0 Å². The number of likely N-dealkylation sites (N-methyl/N-ethyl adjacent to an activating group) is 2. The largest absolute Gasteiger partial charge is 0.693 e. The van der Waals surface area contributed by atoms with Crippen molar-refractivity contribution < 1.29 is 75.1 Å². The van der Waals surface area contributed by atoms with E-state index in [1.54, 1.807) is 75.1 Å². The SMILES string of the molecule is C.CCC#N.CCC#N.CCC#N.CCC#N.CN(C)CCN(C)C.Cl.Cl.Cl.[Cl][Pt].[Cl][Pt].[Cl][Pt].[Cl][Pt].[NH-]CCC[NH-].[NH-]CC[NH-].[NH2-].[NH2-]. The number of nitrogens with two attached hydrogens (primary N) is 2. The fraction of sp³-hybridized carbons (Fsp3) is 0.833. The van der Waals surface area contributed by atoms with Crippen LogP contribution < -0.4 is 0 Å². The van der Waals surface area contributed by atoms with Crippen LogP contribution in [0.3, 0.4) is 0 Å². The molecule has 0 aromatic rings. The molecule has 8 N–H and O–H groups in total. The molecule has 312 valence electrons. The molecular weight excluding hydrogens is 1480 g/mol. The van der Waals surface area contributed by atoms with E-state index in [2.05, 4.69) is 75.7 Å². The van der Waals surface area contributed by atoms with E-state index in [0.717, 1.165) is 19.5 Å². The Morgan fingerprint density at radius 2 is 0.596 bits per heavy atom. The molecule has 0 aliphatic rings. The minimum Gasteiger partial charge on any atom is -0.693 e. The normalized spacial score (nSPS) is 5.74. The summed E-state index contributed by atoms with van der Waals surface area (Å²) < 4.78 is 0. The molecule has 0 saturated heterocycles. The van der Waals surface area contributed by atoms with Gasteiger partial charge in [-0.1, -0.05) is 41.5 Å². The molecule has 0 unspecified atom stereocenters. The maximum Gasteiger partial charge on any atom is -0.0916 e. The van der Waals surface area contributed by atoms with E-state index >= 15 is 0 Å². The van der Waals surface area contributed by atoms with Gasteiger partial charge in [-0.05, 0) is 28.2 Å². The van der Waals surface area contributed by atoms with E-state index in [0.29, 0.717) is 38.8 Å². The van der Waals surface area contributed by atoms with E-state index in [1.165, 1.54) is 0 Å². The van der Waals surface area contributed by atoms with E-state index < -0.39 is 0 Å². The van der Waals surface area contributed by atoms with Crippen molar-refractivity contribution in [3.05, 3.63) is 35.2 Å². The Kier molecular flexibility index (Phi) is 466. The van der Waals surface area contributed by atoms with Crippen molar-refractivity contribution in [3.8, 4) is 24.3 Å². The van der Waals surface area contributed by atoms with Gasteiger partial charge in [0.25, 0.3) is 0 Å². The summed E-state index contributed by atoms with van der Waals surface area (Å²) in [5.41, 5.74) is 25.5. The average Bonchev–Trinajstić information content (AvgIpc) is 3.05. The van der Waals surface area contributed by atoms with Crippen LogP contribution in [-0.4, -0.2) is 77.3 Å². The Balaban J connectivity index is -0.0000000142. The predicted molar refractivity (Wildman–Crippen MR) is 205 cm³/mol. The third-order valence-corrected chi connectivity index (χ3v) is 2.11. The van der Waals surface area contributed by atoms with Gasteiger partial charge in [0.2, 0.25) is 0 Å². The number of halogens is 7. The smallest absolute Gasteiger partial charge is 0.0916 e. The summed E-state index contributed by atoms with van der Waals surface area (Å²) in [4.78, 5) is 4.36. The molecule has 0 amide bonds. The summed E-state index contributed by atoms with van der Waals surface area (Å²) in [6, 6.07) is 7.72. The maximum atomic E-state index is 7.62. The van der Waals surface area contributed by atoms with Crippen molar-refractivity contribution in [2.75, 3.05) is 67.5 Å². The Morgan fingerprint density at radius 1 is 0.468 bits per heavy atom. The van der Waals surface area contributed by atoms with Crippen LogP contribution in [0.15, 0.2) is 0 Å². The molecule has 0 heterocycles. The van der Waals surface area contributed by atoms with E-state index in [1.807, 2.05) is 52.0 Å². The van der Waals surface area contributed by atoms with Crippen molar-refractivity contribution in [1.82, 2.24) is 9.80 Å². The van der Waals surface area contributed by atoms with Crippen molar-refractivity contribution in [1.29, 1.82) is 21.0 Å². The standard InChI is InChI=1S/C6H16N2.C3H8N2.4C3H5N.C2H6N2.CH4.7ClH.2H2N.4Pt/c1-7(2)5-6-8(3)4;4-2-1-3-5;4*1-2-3-4;3-1-2-4;;;;;;;;;;;;;;/h5-6H2,1-4H3;4-5H,1-3H2;4*2H2,1H3;3-4H,1-2H2;1H4;7*1H;2*1H2;;;;/q;-2;;;;;-2;;;;;;;;;2*-1;4*+1/p-4. The topological polar surface area (TPSA) is 264 Å². The number of rotatable bonds is 6. The van der Waals surface area contributed by atoms with Gasteiger partial charge in [-0.25, -0.2) is 0 Å². The summed E-state index contributed by atoms with van der Waals surface area (Å²) in [7, 11) is 26.8. The van der Waals surface area contributed by atoms with E-state index in [-0.39, 0.29) is 70.0 Å². The number of nitriles is 4. The first-order chi connectivity index (χ1) is 19.6. The summed E-state index contributed by atoms with van der Waals surface area (Å²) >= 11 is 6.44. The molecule has 0 radical (unpaired) electrons. The second-order valence-corrected chi connectivity index (χ2v) is 6.01. The van der Waals surface area contributed by atoms with Gasteiger partial charge in [0, 0.05) is 38.8 Å². The molecule has 0 bridgehead atoms.